The third kappa shape index (κ3) is 9.87. The van der Waals surface area contributed by atoms with Gasteiger partial charge in [-0.3, -0.25) is 14.6 Å². The van der Waals surface area contributed by atoms with Crippen LogP contribution in [0.3, 0.4) is 0 Å². The summed E-state index contributed by atoms with van der Waals surface area (Å²) in [6.45, 7) is 22.5. The summed E-state index contributed by atoms with van der Waals surface area (Å²) in [5.41, 5.74) is -0.266. The Morgan fingerprint density at radius 2 is 1.68 bits per heavy atom. The minimum Gasteiger partial charge on any atom is -0.507 e. The normalized spacial score (nSPS) is 31.7. The van der Waals surface area contributed by atoms with Crippen molar-refractivity contribution in [2.75, 3.05) is 64.8 Å². The standard InChI is InChI=1S/C53H74N6O10/c1-30(2)28-58-22-18-53(19-23-58)55-40-37-38-44(61)36(8)47-39(37)48(63)51(9,69-47)66-25-12-15-32(4)46(68-50(65)59-24-26-67-52(29-59)16-20-57(10)21-17-52)35(7)43(60)34(6)27-31(3)13-11-14-33(5)49(64)54-42(45(38)62)41(40)56-53/h11-14,25,30-32,34-35,43,46,55,60-62H,15-24,26-29H2,1-10H3/b13-11+,25-12+,33-14-,54-42?/t31-,32+,34+,35+,43+,46?,51-/m0/s1. The number of anilines is 1. The number of rotatable bonds is 3. The number of fused-ring (bicyclic) bond motifs is 13. The molecule has 5 bridgehead atoms. The first-order chi connectivity index (χ1) is 32.6. The number of carbonyl (C=O) groups excluding carboxylic acids is 3. The molecule has 2 aromatic carbocycles. The van der Waals surface area contributed by atoms with Crippen LogP contribution in [0.2, 0.25) is 0 Å². The quantitative estimate of drug-likeness (QED) is 0.243. The first-order valence-electron chi connectivity index (χ1n) is 25.1. The Labute approximate surface area is 406 Å². The number of piperidine rings is 2. The smallest absolute Gasteiger partial charge is 0.410 e. The van der Waals surface area contributed by atoms with Crippen LogP contribution in [-0.2, 0) is 19.0 Å². The van der Waals surface area contributed by atoms with Gasteiger partial charge in [0.15, 0.2) is 5.75 Å². The van der Waals surface area contributed by atoms with Gasteiger partial charge in [0.05, 0.1) is 47.8 Å². The van der Waals surface area contributed by atoms with Gasteiger partial charge in [0.2, 0.25) is 0 Å². The second-order valence-electron chi connectivity index (χ2n) is 21.7. The SMILES string of the molecule is C/C1=C/C=C/[C@H](C)C[C@@H](C)[C@@H](O)[C@@H](C)C(OC(=O)N2CCOC3(CCN(C)CC3)C2)[C@H](C)C/C=C/O[C@@]2(C)Oc3c(C)c(O)c4c(O)c(c5c(c4c3C2=O)NC2(CCN(CC(C)C)CC2)N=5)=NC1=O. The highest BCUT2D eigenvalue weighted by Gasteiger charge is 2.51. The summed E-state index contributed by atoms with van der Waals surface area (Å²) in [6, 6.07) is 0. The molecule has 7 atom stereocenters. The van der Waals surface area contributed by atoms with Gasteiger partial charge < -0.3 is 54.3 Å². The molecule has 0 radical (unpaired) electrons. The lowest BCUT2D eigenvalue weighted by Gasteiger charge is -2.46. The molecule has 4 N–H and O–H groups in total. The fraction of sp³-hybridized carbons (Fsp3) is 0.642. The van der Waals surface area contributed by atoms with Gasteiger partial charge in [-0.05, 0) is 76.3 Å². The first-order valence-corrected chi connectivity index (χ1v) is 25.1. The number of ketones is 1. The summed E-state index contributed by atoms with van der Waals surface area (Å²) in [4.78, 5) is 59.1. The van der Waals surface area contributed by atoms with Crippen LogP contribution in [0.15, 0.2) is 46.1 Å². The van der Waals surface area contributed by atoms with Crippen molar-refractivity contribution in [2.24, 2.45) is 39.6 Å². The van der Waals surface area contributed by atoms with E-state index in [0.29, 0.717) is 62.6 Å². The third-order valence-electron chi connectivity index (χ3n) is 15.6. The number of aromatic hydroxyl groups is 2. The van der Waals surface area contributed by atoms with Crippen molar-refractivity contribution in [3.05, 3.63) is 58.0 Å². The number of Topliss-reactive ketones (excluding diaryl/α,β-unsaturated/α-hetero) is 1. The maximum atomic E-state index is 14.9. The Morgan fingerprint density at radius 1 is 0.971 bits per heavy atom. The molecule has 2 amide bonds. The second-order valence-corrected chi connectivity index (χ2v) is 21.7. The first kappa shape index (κ1) is 50.4. The third-order valence-corrected chi connectivity index (χ3v) is 15.6. The van der Waals surface area contributed by atoms with E-state index in [0.717, 1.165) is 45.6 Å². The largest absolute Gasteiger partial charge is 0.507 e. The molecule has 2 spiro atoms. The molecule has 7 aliphatic heterocycles. The molecule has 0 aromatic heterocycles. The molecule has 16 nitrogen and oxygen atoms in total. The van der Waals surface area contributed by atoms with E-state index in [-0.39, 0.29) is 61.9 Å². The summed E-state index contributed by atoms with van der Waals surface area (Å²) in [7, 11) is 2.09. The molecule has 0 saturated carbocycles. The Bertz CT molecular complexity index is 2560. The van der Waals surface area contributed by atoms with E-state index < -0.39 is 58.7 Å². The summed E-state index contributed by atoms with van der Waals surface area (Å²) in [5, 5.41) is 40.0. The van der Waals surface area contributed by atoms with E-state index in [1.165, 1.54) is 13.2 Å². The topological polar surface area (TPSA) is 195 Å². The predicted octanol–water partition coefficient (Wildman–Crippen LogP) is 6.52. The number of ether oxygens (including phenoxy) is 4. The molecule has 7 aliphatic rings. The van der Waals surface area contributed by atoms with Gasteiger partial charge in [-0.15, -0.1) is 0 Å². The van der Waals surface area contributed by atoms with Crippen molar-refractivity contribution >= 4 is 34.2 Å². The Balaban J connectivity index is 1.16. The van der Waals surface area contributed by atoms with E-state index in [1.807, 2.05) is 33.8 Å². The summed E-state index contributed by atoms with van der Waals surface area (Å²) < 4.78 is 25.3. The van der Waals surface area contributed by atoms with E-state index in [9.17, 15) is 29.7 Å². The molecule has 376 valence electrons. The van der Waals surface area contributed by atoms with Gasteiger partial charge in [-0.25, -0.2) is 9.79 Å². The zero-order valence-corrected chi connectivity index (χ0v) is 42.3. The molecule has 3 fully saturated rings. The minimum absolute atomic E-state index is 0.000841. The number of allylic oxidation sites excluding steroid dienone is 4. The molecule has 69 heavy (non-hydrogen) atoms. The van der Waals surface area contributed by atoms with E-state index >= 15 is 0 Å². The number of benzene rings is 2. The number of hydrogen-bond acceptors (Lipinski definition) is 14. The number of amides is 2. The highest BCUT2D eigenvalue weighted by Crippen LogP contribution is 2.51. The number of aliphatic hydroxyl groups excluding tert-OH is 1. The zero-order valence-electron chi connectivity index (χ0n) is 42.3. The van der Waals surface area contributed by atoms with Crippen LogP contribution >= 0.6 is 0 Å². The Hall–Kier alpha value is -5.03. The molecule has 3 saturated heterocycles. The predicted molar refractivity (Wildman–Crippen MR) is 262 cm³/mol. The van der Waals surface area contributed by atoms with Gasteiger partial charge in [-0.1, -0.05) is 59.8 Å². The summed E-state index contributed by atoms with van der Waals surface area (Å²) in [5.74, 6) is -4.21. The van der Waals surface area contributed by atoms with Crippen LogP contribution in [0.1, 0.15) is 110 Å². The van der Waals surface area contributed by atoms with Gasteiger partial charge in [0, 0.05) is 81.5 Å². The van der Waals surface area contributed by atoms with E-state index in [2.05, 4.69) is 41.0 Å². The monoisotopic (exact) mass is 955 g/mol. The molecular weight excluding hydrogens is 881 g/mol. The van der Waals surface area contributed by atoms with Crippen molar-refractivity contribution in [3.8, 4) is 17.2 Å². The number of hydrogen-bond donors (Lipinski definition) is 4. The van der Waals surface area contributed by atoms with Crippen LogP contribution in [-0.4, -0.2) is 137 Å². The lowest BCUT2D eigenvalue weighted by atomic mass is 9.80. The van der Waals surface area contributed by atoms with Crippen LogP contribution < -0.4 is 20.8 Å². The van der Waals surface area contributed by atoms with E-state index in [1.54, 1.807) is 37.0 Å². The zero-order chi connectivity index (χ0) is 49.7. The van der Waals surface area contributed by atoms with Crippen molar-refractivity contribution in [1.29, 1.82) is 0 Å². The Kier molecular flexibility index (Phi) is 14.3. The average Bonchev–Trinajstić information content (AvgIpc) is 3.81. The summed E-state index contributed by atoms with van der Waals surface area (Å²) >= 11 is 0. The number of nitrogens with one attached hydrogen (secondary N) is 1. The van der Waals surface area contributed by atoms with Crippen LogP contribution in [0.5, 0.6) is 17.2 Å². The van der Waals surface area contributed by atoms with E-state index in [4.69, 9.17) is 23.9 Å². The molecule has 0 aliphatic carbocycles. The molecule has 2 aromatic rings. The number of carbonyl (C=O) groups is 3. The van der Waals surface area contributed by atoms with Gasteiger partial charge in [0.1, 0.15) is 34.0 Å². The van der Waals surface area contributed by atoms with Crippen LogP contribution in [0.25, 0.3) is 10.8 Å². The second kappa shape index (κ2) is 19.6. The molecular formula is C53H74N6O10. The lowest BCUT2D eigenvalue weighted by Crippen LogP contribution is -2.58. The van der Waals surface area contributed by atoms with Crippen molar-refractivity contribution < 1.29 is 48.7 Å². The van der Waals surface area contributed by atoms with Crippen molar-refractivity contribution in [3.63, 3.8) is 0 Å². The number of morpholine rings is 1. The fourth-order valence-corrected chi connectivity index (χ4v) is 11.4. The number of phenolic OH excluding ortho intramolecular Hbond substituents is 2. The molecule has 16 heteroatoms. The molecule has 7 heterocycles. The fourth-order valence-electron chi connectivity index (χ4n) is 11.4. The Morgan fingerprint density at radius 3 is 2.38 bits per heavy atom. The van der Waals surface area contributed by atoms with Gasteiger partial charge in [-0.2, -0.15) is 0 Å². The van der Waals surface area contributed by atoms with Gasteiger partial charge in [0.25, 0.3) is 11.7 Å². The van der Waals surface area contributed by atoms with Crippen molar-refractivity contribution in [1.82, 2.24) is 14.7 Å². The van der Waals surface area contributed by atoms with Crippen LogP contribution in [0.4, 0.5) is 10.5 Å². The molecule has 9 rings (SSSR count). The number of likely N-dealkylation sites (tertiary alicyclic amines) is 2. The minimum atomic E-state index is -1.88. The maximum Gasteiger partial charge on any atom is 0.410 e. The van der Waals surface area contributed by atoms with Gasteiger partial charge >= 0.3 is 11.9 Å². The highest BCUT2D eigenvalue weighted by atomic mass is 16.7. The average molecular weight is 955 g/mol. The van der Waals surface area contributed by atoms with Crippen molar-refractivity contribution in [2.45, 2.75) is 130 Å². The lowest BCUT2D eigenvalue weighted by molar-refractivity contribution is -0.133. The number of nitrogens with zero attached hydrogens (tertiary/aromatic N) is 5. The van der Waals surface area contributed by atoms with Crippen LogP contribution in [0, 0.1) is 36.5 Å². The number of aliphatic hydroxyl groups is 1. The highest BCUT2D eigenvalue weighted by molar-refractivity contribution is 6.21. The number of phenols is 2. The summed E-state index contributed by atoms with van der Waals surface area (Å²) in [6.07, 6.45) is 10.5. The maximum absolute atomic E-state index is 14.9. The molecule has 1 unspecified atom stereocenters.